The zero-order chi connectivity index (χ0) is 14.4. The van der Waals surface area contributed by atoms with Gasteiger partial charge in [0.25, 0.3) is 0 Å². The molecule has 0 atom stereocenters. The molecule has 6 heteroatoms. The lowest BCUT2D eigenvalue weighted by Gasteiger charge is -2.47. The minimum absolute atomic E-state index is 0.101. The van der Waals surface area contributed by atoms with Gasteiger partial charge in [0.15, 0.2) is 4.34 Å². The van der Waals surface area contributed by atoms with Crippen molar-refractivity contribution in [2.24, 2.45) is 5.92 Å². The summed E-state index contributed by atoms with van der Waals surface area (Å²) in [4.78, 5) is 18.4. The number of thioether (sulfide) groups is 1. The van der Waals surface area contributed by atoms with E-state index in [-0.39, 0.29) is 5.91 Å². The molecule has 0 radical (unpaired) electrons. The third-order valence-corrected chi connectivity index (χ3v) is 6.38. The van der Waals surface area contributed by atoms with Crippen LogP contribution in [-0.4, -0.2) is 45.3 Å². The van der Waals surface area contributed by atoms with E-state index in [1.54, 1.807) is 16.2 Å². The molecule has 1 aromatic carbocycles. The lowest BCUT2D eigenvalue weighted by atomic mass is 9.89. The Hall–Kier alpha value is -1.11. The van der Waals surface area contributed by atoms with Crippen LogP contribution in [0.2, 0.25) is 0 Å². The molecule has 1 saturated carbocycles. The molecule has 2 aliphatic rings. The first-order valence-electron chi connectivity index (χ1n) is 7.13. The number of fused-ring (bicyclic) bond motifs is 1. The number of nitrogens with zero attached hydrogens (tertiary/aromatic N) is 2. The van der Waals surface area contributed by atoms with Gasteiger partial charge in [-0.15, -0.1) is 11.3 Å². The number of aromatic nitrogens is 1. The van der Waals surface area contributed by atoms with Crippen LogP contribution in [0.1, 0.15) is 12.8 Å². The van der Waals surface area contributed by atoms with Crippen molar-refractivity contribution in [1.29, 1.82) is 0 Å². The molecule has 0 unspecified atom stereocenters. The average molecular weight is 320 g/mol. The van der Waals surface area contributed by atoms with Crippen LogP contribution in [0.3, 0.4) is 0 Å². The van der Waals surface area contributed by atoms with Gasteiger partial charge >= 0.3 is 0 Å². The second-order valence-electron chi connectivity index (χ2n) is 5.86. The fraction of sp³-hybridized carbons (Fsp3) is 0.467. The van der Waals surface area contributed by atoms with E-state index in [0.29, 0.717) is 24.8 Å². The molecule has 0 bridgehead atoms. The smallest absolute Gasteiger partial charge is 0.233 e. The monoisotopic (exact) mass is 320 g/mol. The number of thiazole rings is 1. The zero-order valence-corrected chi connectivity index (χ0v) is 13.1. The molecule has 1 aromatic heterocycles. The molecular weight excluding hydrogens is 304 g/mol. The van der Waals surface area contributed by atoms with Crippen molar-refractivity contribution in [1.82, 2.24) is 9.88 Å². The number of hydrogen-bond donors (Lipinski definition) is 1. The van der Waals surface area contributed by atoms with Gasteiger partial charge in [-0.2, -0.15) is 0 Å². The molecule has 2 fully saturated rings. The molecule has 2 heterocycles. The fourth-order valence-electron chi connectivity index (χ4n) is 2.80. The lowest BCUT2D eigenvalue weighted by Crippen LogP contribution is -2.65. The van der Waals surface area contributed by atoms with Crippen LogP contribution < -0.4 is 0 Å². The maximum Gasteiger partial charge on any atom is 0.233 e. The van der Waals surface area contributed by atoms with Gasteiger partial charge in [-0.25, -0.2) is 4.98 Å². The van der Waals surface area contributed by atoms with E-state index in [1.165, 1.54) is 11.8 Å². The number of rotatable bonds is 4. The first-order chi connectivity index (χ1) is 10.1. The van der Waals surface area contributed by atoms with Crippen LogP contribution in [0.5, 0.6) is 0 Å². The first kappa shape index (κ1) is 13.5. The van der Waals surface area contributed by atoms with Gasteiger partial charge in [-0.05, 0) is 30.9 Å². The van der Waals surface area contributed by atoms with Crippen LogP contribution in [0.25, 0.3) is 10.2 Å². The molecule has 1 amide bonds. The molecular formula is C15H16N2O2S2. The summed E-state index contributed by atoms with van der Waals surface area (Å²) in [6.07, 6.45) is 2.22. The highest BCUT2D eigenvalue weighted by Gasteiger charge is 2.53. The third-order valence-electron chi connectivity index (χ3n) is 4.21. The Kier molecular flexibility index (Phi) is 3.20. The van der Waals surface area contributed by atoms with Gasteiger partial charge in [-0.3, -0.25) is 4.79 Å². The molecule has 21 heavy (non-hydrogen) atoms. The maximum atomic E-state index is 12.1. The van der Waals surface area contributed by atoms with Gasteiger partial charge in [0, 0.05) is 0 Å². The number of amides is 1. The Morgan fingerprint density at radius 2 is 2.19 bits per heavy atom. The summed E-state index contributed by atoms with van der Waals surface area (Å²) in [6.45, 7) is 1.02. The van der Waals surface area contributed by atoms with Crippen molar-refractivity contribution in [2.75, 3.05) is 18.8 Å². The summed E-state index contributed by atoms with van der Waals surface area (Å²) in [7, 11) is 0. The Balaban J connectivity index is 1.33. The summed E-state index contributed by atoms with van der Waals surface area (Å²) < 4.78 is 2.09. The molecule has 0 spiro atoms. The van der Waals surface area contributed by atoms with Gasteiger partial charge in [0.2, 0.25) is 5.91 Å². The maximum absolute atomic E-state index is 12.1. The highest BCUT2D eigenvalue weighted by atomic mass is 32.2. The van der Waals surface area contributed by atoms with Gasteiger partial charge in [-0.1, -0.05) is 23.9 Å². The Morgan fingerprint density at radius 3 is 2.90 bits per heavy atom. The number of aliphatic hydroxyl groups is 1. The number of carbonyl (C=O) groups is 1. The van der Waals surface area contributed by atoms with Crippen molar-refractivity contribution in [3.05, 3.63) is 24.3 Å². The number of carbonyl (C=O) groups excluding carboxylic acids is 1. The van der Waals surface area contributed by atoms with E-state index in [9.17, 15) is 9.90 Å². The molecule has 110 valence electrons. The van der Waals surface area contributed by atoms with Crippen molar-refractivity contribution in [3.63, 3.8) is 0 Å². The van der Waals surface area contributed by atoms with E-state index < -0.39 is 5.60 Å². The highest BCUT2D eigenvalue weighted by Crippen LogP contribution is 2.44. The first-order valence-corrected chi connectivity index (χ1v) is 8.93. The second kappa shape index (κ2) is 4.97. The SMILES string of the molecule is O=C(CSc1nc2ccccc2s1)N1CC(O)(C2CC2)C1. The van der Waals surface area contributed by atoms with E-state index in [0.717, 1.165) is 27.4 Å². The van der Waals surface area contributed by atoms with Crippen LogP contribution in [0.4, 0.5) is 0 Å². The molecule has 4 nitrogen and oxygen atoms in total. The molecule has 1 aliphatic heterocycles. The van der Waals surface area contributed by atoms with Crippen molar-refractivity contribution in [3.8, 4) is 0 Å². The summed E-state index contributed by atoms with van der Waals surface area (Å²) >= 11 is 3.11. The van der Waals surface area contributed by atoms with Crippen LogP contribution in [0, 0.1) is 5.92 Å². The molecule has 1 N–H and O–H groups in total. The van der Waals surface area contributed by atoms with E-state index >= 15 is 0 Å². The van der Waals surface area contributed by atoms with Crippen LogP contribution in [-0.2, 0) is 4.79 Å². The average Bonchev–Trinajstić information content (AvgIpc) is 3.21. The number of β-amino-alcohol motifs (C(OH)–C–C–N with tert-alkyl or cyclic N) is 1. The third kappa shape index (κ3) is 2.56. The number of para-hydroxylation sites is 1. The van der Waals surface area contributed by atoms with Gasteiger partial charge < -0.3 is 10.0 Å². The summed E-state index contributed by atoms with van der Waals surface area (Å²) in [5.74, 6) is 0.934. The molecule has 4 rings (SSSR count). The fourth-order valence-corrected chi connectivity index (χ4v) is 4.77. The minimum Gasteiger partial charge on any atom is -0.386 e. The van der Waals surface area contributed by atoms with E-state index in [4.69, 9.17) is 0 Å². The van der Waals surface area contributed by atoms with E-state index in [1.807, 2.05) is 24.3 Å². The van der Waals surface area contributed by atoms with Gasteiger partial charge in [0.1, 0.15) is 5.60 Å². The second-order valence-corrected chi connectivity index (χ2v) is 8.12. The zero-order valence-electron chi connectivity index (χ0n) is 11.5. The number of hydrogen-bond acceptors (Lipinski definition) is 5. The van der Waals surface area contributed by atoms with Crippen molar-refractivity contribution < 1.29 is 9.90 Å². The van der Waals surface area contributed by atoms with Crippen molar-refractivity contribution in [2.45, 2.75) is 22.8 Å². The highest BCUT2D eigenvalue weighted by molar-refractivity contribution is 8.01. The van der Waals surface area contributed by atoms with Crippen LogP contribution in [0.15, 0.2) is 28.6 Å². The number of benzene rings is 1. The molecule has 2 aromatic rings. The standard InChI is InChI=1S/C15H16N2O2S2/c18-13(17-8-15(19,9-17)10-5-6-10)7-20-14-16-11-3-1-2-4-12(11)21-14/h1-4,10,19H,5-9H2. The van der Waals surface area contributed by atoms with E-state index in [2.05, 4.69) is 4.98 Å². The Bertz CT molecular complexity index is 657. The predicted molar refractivity (Wildman–Crippen MR) is 84.6 cm³/mol. The summed E-state index contributed by atoms with van der Waals surface area (Å²) in [5.41, 5.74) is 0.403. The largest absolute Gasteiger partial charge is 0.386 e. The normalized spacial score (nSPS) is 20.5. The molecule has 1 aliphatic carbocycles. The summed E-state index contributed by atoms with van der Waals surface area (Å²) in [6, 6.07) is 8.01. The minimum atomic E-state index is -0.587. The van der Waals surface area contributed by atoms with Gasteiger partial charge in [0.05, 0.1) is 29.1 Å². The number of likely N-dealkylation sites (tertiary alicyclic amines) is 1. The molecule has 1 saturated heterocycles. The topological polar surface area (TPSA) is 53.4 Å². The summed E-state index contributed by atoms with van der Waals surface area (Å²) in [5, 5.41) is 10.2. The van der Waals surface area contributed by atoms with Crippen molar-refractivity contribution >= 4 is 39.2 Å². The lowest BCUT2D eigenvalue weighted by molar-refractivity contribution is -0.156. The quantitative estimate of drug-likeness (QED) is 0.879. The Morgan fingerprint density at radius 1 is 1.43 bits per heavy atom. The predicted octanol–water partition coefficient (Wildman–Crippen LogP) is 2.37. The van der Waals surface area contributed by atoms with Crippen LogP contribution >= 0.6 is 23.1 Å². The Labute approximate surface area is 131 Å².